The average molecular weight is 433 g/mol. The molecular formula is C19H21ClN6O2S. The highest BCUT2D eigenvalue weighted by atomic mass is 35.5. The molecule has 0 aromatic carbocycles. The molecule has 0 aliphatic heterocycles. The van der Waals surface area contributed by atoms with Gasteiger partial charge in [0, 0.05) is 17.7 Å². The Hall–Kier alpha value is -2.65. The van der Waals surface area contributed by atoms with Gasteiger partial charge in [-0.3, -0.25) is 10.4 Å². The molecule has 3 heterocycles. The summed E-state index contributed by atoms with van der Waals surface area (Å²) in [6, 6.07) is 5.60. The third-order valence-corrected chi connectivity index (χ3v) is 5.33. The van der Waals surface area contributed by atoms with Crippen LogP contribution in [-0.4, -0.2) is 31.9 Å². The number of halogens is 1. The lowest BCUT2D eigenvalue weighted by Crippen LogP contribution is -2.26. The van der Waals surface area contributed by atoms with Gasteiger partial charge in [0.2, 0.25) is 0 Å². The molecular weight excluding hydrogens is 412 g/mol. The number of anilines is 3. The van der Waals surface area contributed by atoms with Crippen molar-refractivity contribution in [1.29, 1.82) is 0 Å². The number of carbonyl (C=O) groups excluding carboxylic acids is 1. The fourth-order valence-electron chi connectivity index (χ4n) is 2.63. The van der Waals surface area contributed by atoms with Crippen molar-refractivity contribution in [3.63, 3.8) is 0 Å². The van der Waals surface area contributed by atoms with Gasteiger partial charge in [-0.1, -0.05) is 11.6 Å². The highest BCUT2D eigenvalue weighted by Crippen LogP contribution is 2.40. The number of rotatable bonds is 5. The van der Waals surface area contributed by atoms with E-state index in [1.165, 1.54) is 24.2 Å². The van der Waals surface area contributed by atoms with Gasteiger partial charge in [0.25, 0.3) is 0 Å². The zero-order valence-electron chi connectivity index (χ0n) is 16.2. The fraction of sp³-hybridized carbons (Fsp3) is 0.368. The van der Waals surface area contributed by atoms with E-state index in [2.05, 4.69) is 30.8 Å². The van der Waals surface area contributed by atoms with Gasteiger partial charge in [-0.05, 0) is 45.7 Å². The van der Waals surface area contributed by atoms with Crippen LogP contribution < -0.4 is 10.6 Å². The zero-order chi connectivity index (χ0) is 20.6. The van der Waals surface area contributed by atoms with Crippen molar-refractivity contribution in [1.82, 2.24) is 20.2 Å². The molecule has 152 valence electrons. The van der Waals surface area contributed by atoms with Crippen molar-refractivity contribution in [3.05, 3.63) is 35.1 Å². The predicted octanol–water partition coefficient (Wildman–Crippen LogP) is 5.55. The molecule has 0 atom stereocenters. The summed E-state index contributed by atoms with van der Waals surface area (Å²) in [4.78, 5) is 21.5. The molecule has 3 aromatic rings. The van der Waals surface area contributed by atoms with Crippen LogP contribution in [0.1, 0.15) is 45.2 Å². The van der Waals surface area contributed by atoms with Crippen LogP contribution in [0.3, 0.4) is 0 Å². The summed E-state index contributed by atoms with van der Waals surface area (Å²) in [5.74, 6) is 2.21. The molecule has 1 fully saturated rings. The molecule has 10 heteroatoms. The van der Waals surface area contributed by atoms with Gasteiger partial charge >= 0.3 is 6.09 Å². The zero-order valence-corrected chi connectivity index (χ0v) is 17.8. The highest BCUT2D eigenvalue weighted by molar-refractivity contribution is 7.19. The Balaban J connectivity index is 1.48. The van der Waals surface area contributed by atoms with Gasteiger partial charge in [0.1, 0.15) is 10.6 Å². The normalized spacial score (nSPS) is 13.9. The first-order chi connectivity index (χ1) is 13.8. The second-order valence-electron chi connectivity index (χ2n) is 7.79. The van der Waals surface area contributed by atoms with Gasteiger partial charge in [-0.25, -0.2) is 14.8 Å². The number of hydrogen-bond acceptors (Lipinski definition) is 7. The van der Waals surface area contributed by atoms with Crippen LogP contribution in [0.25, 0.3) is 10.7 Å². The Morgan fingerprint density at radius 1 is 1.34 bits per heavy atom. The van der Waals surface area contributed by atoms with Gasteiger partial charge in [-0.2, -0.15) is 5.10 Å². The Kier molecular flexibility index (Phi) is 5.18. The minimum atomic E-state index is -0.560. The standard InChI is InChI=1S/C19H21ClN6O2S/c1-19(2,3)28-18(27)23-15-7-6-13(29-15)17-21-9-11(20)16(24-17)22-14-8-12(25-26-14)10-4-5-10/h6-10H,4-5H2,1-3H3,(H,23,27)(H2,21,22,24,25,26). The van der Waals surface area contributed by atoms with Crippen LogP contribution in [0.5, 0.6) is 0 Å². The largest absolute Gasteiger partial charge is 0.444 e. The molecule has 8 nitrogen and oxygen atoms in total. The first-order valence-electron chi connectivity index (χ1n) is 9.22. The summed E-state index contributed by atoms with van der Waals surface area (Å²) in [7, 11) is 0. The summed E-state index contributed by atoms with van der Waals surface area (Å²) in [6.07, 6.45) is 3.42. The molecule has 0 unspecified atom stereocenters. The van der Waals surface area contributed by atoms with E-state index in [4.69, 9.17) is 16.3 Å². The molecule has 0 bridgehead atoms. The van der Waals surface area contributed by atoms with Crippen molar-refractivity contribution in [2.24, 2.45) is 0 Å². The maximum Gasteiger partial charge on any atom is 0.412 e. The van der Waals surface area contributed by atoms with Gasteiger partial charge in [-0.15, -0.1) is 11.3 Å². The minimum absolute atomic E-state index is 0.397. The van der Waals surface area contributed by atoms with Crippen molar-refractivity contribution >= 4 is 45.7 Å². The van der Waals surface area contributed by atoms with E-state index >= 15 is 0 Å². The van der Waals surface area contributed by atoms with E-state index in [0.29, 0.717) is 33.4 Å². The van der Waals surface area contributed by atoms with E-state index < -0.39 is 11.7 Å². The van der Waals surface area contributed by atoms with E-state index in [1.54, 1.807) is 12.3 Å². The molecule has 1 aliphatic rings. The first-order valence-corrected chi connectivity index (χ1v) is 10.4. The second kappa shape index (κ2) is 7.64. The number of amides is 1. The maximum atomic E-state index is 11.9. The van der Waals surface area contributed by atoms with Gasteiger partial charge in [0.15, 0.2) is 17.5 Å². The fourth-order valence-corrected chi connectivity index (χ4v) is 3.60. The molecule has 3 N–H and O–H groups in total. The lowest BCUT2D eigenvalue weighted by atomic mass is 10.2. The van der Waals surface area contributed by atoms with Crippen LogP contribution >= 0.6 is 22.9 Å². The highest BCUT2D eigenvalue weighted by Gasteiger charge is 2.25. The lowest BCUT2D eigenvalue weighted by Gasteiger charge is -2.19. The van der Waals surface area contributed by atoms with Gasteiger partial charge < -0.3 is 10.1 Å². The molecule has 1 amide bonds. The molecule has 4 rings (SSSR count). The van der Waals surface area contributed by atoms with Crippen molar-refractivity contribution in [3.8, 4) is 10.7 Å². The molecule has 29 heavy (non-hydrogen) atoms. The Morgan fingerprint density at radius 2 is 2.14 bits per heavy atom. The Labute approximate surface area is 177 Å². The third-order valence-electron chi connectivity index (χ3n) is 4.06. The van der Waals surface area contributed by atoms with Crippen molar-refractivity contribution < 1.29 is 9.53 Å². The number of aromatic nitrogens is 4. The van der Waals surface area contributed by atoms with Crippen LogP contribution in [0.2, 0.25) is 5.02 Å². The van der Waals surface area contributed by atoms with Crippen LogP contribution in [-0.2, 0) is 4.74 Å². The van der Waals surface area contributed by atoms with E-state index in [-0.39, 0.29) is 0 Å². The number of hydrogen-bond donors (Lipinski definition) is 3. The molecule has 3 aromatic heterocycles. The predicted molar refractivity (Wildman–Crippen MR) is 114 cm³/mol. The smallest absolute Gasteiger partial charge is 0.412 e. The number of carbonyl (C=O) groups is 1. The summed E-state index contributed by atoms with van der Waals surface area (Å²) in [5, 5.41) is 14.2. The number of nitrogens with one attached hydrogen (secondary N) is 3. The number of H-pyrrole nitrogens is 1. The van der Waals surface area contributed by atoms with Crippen LogP contribution in [0.4, 0.5) is 21.4 Å². The number of nitrogens with zero attached hydrogens (tertiary/aromatic N) is 3. The Bertz CT molecular complexity index is 1040. The molecule has 0 spiro atoms. The third kappa shape index (κ3) is 5.04. The number of thiophene rings is 1. The summed E-state index contributed by atoms with van der Waals surface area (Å²) in [5.41, 5.74) is 0.560. The van der Waals surface area contributed by atoms with Crippen molar-refractivity contribution in [2.75, 3.05) is 10.6 Å². The topological polar surface area (TPSA) is 105 Å². The van der Waals surface area contributed by atoms with Crippen molar-refractivity contribution in [2.45, 2.75) is 45.1 Å². The summed E-state index contributed by atoms with van der Waals surface area (Å²) < 4.78 is 5.27. The SMILES string of the molecule is CC(C)(C)OC(=O)Nc1ccc(-c2ncc(Cl)c(Nc3cc(C4CC4)[nH]n3)n2)s1. The minimum Gasteiger partial charge on any atom is -0.444 e. The van der Waals surface area contributed by atoms with Crippen LogP contribution in [0.15, 0.2) is 24.4 Å². The maximum absolute atomic E-state index is 11.9. The summed E-state index contributed by atoms with van der Waals surface area (Å²) >= 11 is 7.60. The molecule has 0 radical (unpaired) electrons. The molecule has 1 aliphatic carbocycles. The number of aromatic amines is 1. The summed E-state index contributed by atoms with van der Waals surface area (Å²) in [6.45, 7) is 5.44. The van der Waals surface area contributed by atoms with Gasteiger partial charge in [0.05, 0.1) is 16.1 Å². The molecule has 1 saturated carbocycles. The average Bonchev–Trinajstić information content (AvgIpc) is 3.20. The van der Waals surface area contributed by atoms with E-state index in [9.17, 15) is 4.79 Å². The Morgan fingerprint density at radius 3 is 2.86 bits per heavy atom. The van der Waals surface area contributed by atoms with E-state index in [0.717, 1.165) is 10.6 Å². The quantitative estimate of drug-likeness (QED) is 0.488. The molecule has 0 saturated heterocycles. The first kappa shape index (κ1) is 19.7. The second-order valence-corrected chi connectivity index (χ2v) is 9.28. The monoisotopic (exact) mass is 432 g/mol. The van der Waals surface area contributed by atoms with Crippen LogP contribution in [0, 0.1) is 0 Å². The number of ether oxygens (including phenoxy) is 1. The lowest BCUT2D eigenvalue weighted by molar-refractivity contribution is 0.0636. The van der Waals surface area contributed by atoms with E-state index in [1.807, 2.05) is 32.9 Å².